The Hall–Kier alpha value is -4.14. The monoisotopic (exact) mass is 502 g/mol. The molecule has 1 N–H and O–H groups in total. The van der Waals surface area contributed by atoms with Gasteiger partial charge in [-0.1, -0.05) is 37.5 Å². The lowest BCUT2D eigenvalue weighted by Crippen LogP contribution is -2.47. The van der Waals surface area contributed by atoms with Crippen LogP contribution < -0.4 is 19.5 Å². The second-order valence-electron chi connectivity index (χ2n) is 9.23. The molecule has 1 saturated carbocycles. The number of amides is 2. The van der Waals surface area contributed by atoms with E-state index in [4.69, 9.17) is 14.2 Å². The highest BCUT2D eigenvalue weighted by atomic mass is 16.7. The third-order valence-electron chi connectivity index (χ3n) is 6.78. The first-order chi connectivity index (χ1) is 18.1. The van der Waals surface area contributed by atoms with Crippen LogP contribution in [-0.4, -0.2) is 46.6 Å². The molecule has 0 unspecified atom stereocenters. The molecule has 2 heterocycles. The quantitative estimate of drug-likeness (QED) is 0.496. The fourth-order valence-electron chi connectivity index (χ4n) is 4.86. The van der Waals surface area contributed by atoms with Crippen LogP contribution in [0.5, 0.6) is 17.2 Å². The lowest BCUT2D eigenvalue weighted by molar-refractivity contribution is -0.127. The summed E-state index contributed by atoms with van der Waals surface area (Å²) < 4.78 is 16.3. The van der Waals surface area contributed by atoms with Crippen LogP contribution in [0.4, 0.5) is 0 Å². The fourth-order valence-corrected chi connectivity index (χ4v) is 4.86. The van der Waals surface area contributed by atoms with Gasteiger partial charge in [-0.05, 0) is 48.2 Å². The maximum atomic E-state index is 13.9. The maximum Gasteiger partial charge on any atom is 0.275 e. The summed E-state index contributed by atoms with van der Waals surface area (Å²) in [6.07, 6.45) is 9.60. The molecule has 3 aromatic rings. The molecule has 0 radical (unpaired) electrons. The minimum absolute atomic E-state index is 0.0843. The van der Waals surface area contributed by atoms with Crippen molar-refractivity contribution in [2.45, 2.75) is 50.7 Å². The normalized spacial score (nSPS) is 15.6. The highest BCUT2D eigenvalue weighted by Gasteiger charge is 2.34. The predicted molar refractivity (Wildman–Crippen MR) is 135 cm³/mol. The topological polar surface area (TPSA) is 103 Å². The fraction of sp³-hybridized carbons (Fsp3) is 0.357. The Morgan fingerprint density at radius 2 is 1.84 bits per heavy atom. The van der Waals surface area contributed by atoms with Crippen molar-refractivity contribution in [3.05, 3.63) is 77.9 Å². The minimum atomic E-state index is -0.896. The molecule has 5 rings (SSSR count). The first kappa shape index (κ1) is 24.5. The first-order valence-corrected chi connectivity index (χ1v) is 12.5. The number of hydrogen-bond donors (Lipinski definition) is 1. The molecule has 1 aliphatic heterocycles. The third kappa shape index (κ3) is 5.66. The molecule has 1 aliphatic carbocycles. The number of carbonyl (C=O) groups excluding carboxylic acids is 2. The van der Waals surface area contributed by atoms with E-state index >= 15 is 0 Å². The summed E-state index contributed by atoms with van der Waals surface area (Å²) in [4.78, 5) is 37.6. The van der Waals surface area contributed by atoms with Crippen LogP contribution in [0.25, 0.3) is 0 Å². The Morgan fingerprint density at radius 3 is 2.57 bits per heavy atom. The standard InChI is InChI=1S/C28H30N4O5/c1-35-22-10-8-20(9-11-22)26(27(33)31-21-5-3-2-4-6-21)32(28(34)23-16-29-13-14-30-23)17-19-7-12-24-25(15-19)37-18-36-24/h7-16,21,26H,2-6,17-18H2,1H3,(H,31,33)/t26-/m0/s1. The number of carbonyl (C=O) groups is 2. The van der Waals surface area contributed by atoms with Crippen molar-refractivity contribution in [2.75, 3.05) is 13.9 Å². The van der Waals surface area contributed by atoms with Gasteiger partial charge in [0.05, 0.1) is 13.3 Å². The van der Waals surface area contributed by atoms with Gasteiger partial charge in [-0.15, -0.1) is 0 Å². The number of fused-ring (bicyclic) bond motifs is 1. The summed E-state index contributed by atoms with van der Waals surface area (Å²) in [6.45, 7) is 0.306. The Kier molecular flexibility index (Phi) is 7.49. The lowest BCUT2D eigenvalue weighted by Gasteiger charge is -2.33. The summed E-state index contributed by atoms with van der Waals surface area (Å²) in [5.41, 5.74) is 1.63. The van der Waals surface area contributed by atoms with Gasteiger partial charge in [0.25, 0.3) is 5.91 Å². The smallest absolute Gasteiger partial charge is 0.275 e. The number of benzene rings is 2. The van der Waals surface area contributed by atoms with Crippen molar-refractivity contribution < 1.29 is 23.8 Å². The Balaban J connectivity index is 1.53. The van der Waals surface area contributed by atoms with Gasteiger partial charge in [-0.25, -0.2) is 4.98 Å². The van der Waals surface area contributed by atoms with Crippen molar-refractivity contribution in [1.29, 1.82) is 0 Å². The van der Waals surface area contributed by atoms with Crippen LogP contribution in [0.3, 0.4) is 0 Å². The van der Waals surface area contributed by atoms with E-state index in [-0.39, 0.29) is 31.0 Å². The van der Waals surface area contributed by atoms with Gasteiger partial charge in [0.2, 0.25) is 12.7 Å². The van der Waals surface area contributed by atoms with Crippen molar-refractivity contribution in [1.82, 2.24) is 20.2 Å². The first-order valence-electron chi connectivity index (χ1n) is 12.5. The van der Waals surface area contributed by atoms with E-state index in [2.05, 4.69) is 15.3 Å². The molecule has 192 valence electrons. The zero-order chi connectivity index (χ0) is 25.6. The van der Waals surface area contributed by atoms with Gasteiger partial charge in [-0.3, -0.25) is 14.6 Å². The average Bonchev–Trinajstić information content (AvgIpc) is 3.42. The van der Waals surface area contributed by atoms with Gasteiger partial charge in [0.15, 0.2) is 11.5 Å². The average molecular weight is 503 g/mol. The number of hydrogen-bond acceptors (Lipinski definition) is 7. The number of ether oxygens (including phenoxy) is 3. The van der Waals surface area contributed by atoms with E-state index in [1.165, 1.54) is 25.0 Å². The van der Waals surface area contributed by atoms with E-state index < -0.39 is 11.9 Å². The largest absolute Gasteiger partial charge is 0.497 e. The van der Waals surface area contributed by atoms with Crippen LogP contribution in [0.1, 0.15) is 59.8 Å². The number of rotatable bonds is 8. The third-order valence-corrected chi connectivity index (χ3v) is 6.78. The van der Waals surface area contributed by atoms with Crippen molar-refractivity contribution in [3.8, 4) is 17.2 Å². The Bertz CT molecular complexity index is 1230. The number of nitrogens with zero attached hydrogens (tertiary/aromatic N) is 3. The SMILES string of the molecule is COc1ccc([C@@H](C(=O)NC2CCCCC2)N(Cc2ccc3c(c2)OCO3)C(=O)c2cnccn2)cc1. The molecule has 1 aromatic heterocycles. The Morgan fingerprint density at radius 1 is 1.05 bits per heavy atom. The van der Waals surface area contributed by atoms with E-state index in [9.17, 15) is 9.59 Å². The number of nitrogens with one attached hydrogen (secondary N) is 1. The molecule has 0 saturated heterocycles. The minimum Gasteiger partial charge on any atom is -0.497 e. The molecule has 2 amide bonds. The highest BCUT2D eigenvalue weighted by molar-refractivity contribution is 5.96. The van der Waals surface area contributed by atoms with Gasteiger partial charge >= 0.3 is 0 Å². The molecule has 0 bridgehead atoms. The lowest BCUT2D eigenvalue weighted by atomic mass is 9.94. The van der Waals surface area contributed by atoms with Crippen LogP contribution in [-0.2, 0) is 11.3 Å². The van der Waals surface area contributed by atoms with Crippen LogP contribution in [0.2, 0.25) is 0 Å². The van der Waals surface area contributed by atoms with E-state index in [0.717, 1.165) is 31.2 Å². The van der Waals surface area contributed by atoms with Gasteiger partial charge < -0.3 is 24.4 Å². The summed E-state index contributed by atoms with van der Waals surface area (Å²) in [5, 5.41) is 3.22. The second-order valence-corrected chi connectivity index (χ2v) is 9.23. The number of aromatic nitrogens is 2. The van der Waals surface area contributed by atoms with E-state index in [0.29, 0.717) is 22.8 Å². The van der Waals surface area contributed by atoms with Gasteiger partial charge in [0, 0.05) is 25.0 Å². The second kappa shape index (κ2) is 11.3. The molecule has 0 spiro atoms. The molecular formula is C28H30N4O5. The van der Waals surface area contributed by atoms with Crippen molar-refractivity contribution >= 4 is 11.8 Å². The van der Waals surface area contributed by atoms with Crippen LogP contribution >= 0.6 is 0 Å². The molecule has 2 aliphatic rings. The Labute approximate surface area is 215 Å². The van der Waals surface area contributed by atoms with Crippen LogP contribution in [0.15, 0.2) is 61.1 Å². The molecule has 1 atom stereocenters. The summed E-state index contributed by atoms with van der Waals surface area (Å²) in [7, 11) is 1.59. The summed E-state index contributed by atoms with van der Waals surface area (Å²) >= 11 is 0. The van der Waals surface area contributed by atoms with Gasteiger partial charge in [0.1, 0.15) is 17.5 Å². The maximum absolute atomic E-state index is 13.9. The summed E-state index contributed by atoms with van der Waals surface area (Å²) in [6, 6.07) is 11.9. The van der Waals surface area contributed by atoms with Gasteiger partial charge in [-0.2, -0.15) is 0 Å². The molecule has 37 heavy (non-hydrogen) atoms. The molecule has 9 nitrogen and oxygen atoms in total. The van der Waals surface area contributed by atoms with E-state index in [1.54, 1.807) is 24.1 Å². The van der Waals surface area contributed by atoms with Crippen molar-refractivity contribution in [3.63, 3.8) is 0 Å². The zero-order valence-corrected chi connectivity index (χ0v) is 20.8. The predicted octanol–water partition coefficient (Wildman–Crippen LogP) is 4.05. The molecule has 2 aromatic carbocycles. The highest BCUT2D eigenvalue weighted by Crippen LogP contribution is 2.34. The zero-order valence-electron chi connectivity index (χ0n) is 20.8. The van der Waals surface area contributed by atoms with Crippen LogP contribution in [0, 0.1) is 0 Å². The molecular weight excluding hydrogens is 472 g/mol. The molecule has 1 fully saturated rings. The van der Waals surface area contributed by atoms with E-state index in [1.807, 2.05) is 30.3 Å². The summed E-state index contributed by atoms with van der Waals surface area (Å²) in [5.74, 6) is 1.30. The number of methoxy groups -OCH3 is 1. The van der Waals surface area contributed by atoms with Crippen molar-refractivity contribution in [2.24, 2.45) is 0 Å². The molecule has 9 heteroatoms.